The summed E-state index contributed by atoms with van der Waals surface area (Å²) in [5.74, 6) is 2.63. The van der Waals surface area contributed by atoms with Crippen LogP contribution in [0.3, 0.4) is 0 Å². The molecule has 2 aromatic carbocycles. The van der Waals surface area contributed by atoms with Gasteiger partial charge in [-0.25, -0.2) is 19.4 Å². The van der Waals surface area contributed by atoms with Crippen molar-refractivity contribution in [1.29, 1.82) is 0 Å². The maximum Gasteiger partial charge on any atom is 0.317 e. The second kappa shape index (κ2) is 11.0. The predicted octanol–water partition coefficient (Wildman–Crippen LogP) is 3.80. The number of nitrogens with one attached hydrogen (secondary N) is 1. The first-order valence-electron chi connectivity index (χ1n) is 12.1. The van der Waals surface area contributed by atoms with Crippen molar-refractivity contribution in [3.63, 3.8) is 0 Å². The monoisotopic (exact) mass is 499 g/mol. The fourth-order valence-electron chi connectivity index (χ4n) is 4.22. The number of ether oxygens (including phenoxy) is 2. The van der Waals surface area contributed by atoms with Gasteiger partial charge < -0.3 is 24.6 Å². The van der Waals surface area contributed by atoms with E-state index in [1.165, 1.54) is 0 Å². The fourth-order valence-corrected chi connectivity index (χ4v) is 4.22. The lowest BCUT2D eigenvalue weighted by Crippen LogP contribution is -2.51. The van der Waals surface area contributed by atoms with Crippen LogP contribution in [0.4, 0.5) is 10.5 Å². The molecule has 37 heavy (non-hydrogen) atoms. The Bertz CT molecular complexity index is 1350. The minimum atomic E-state index is -0.0785. The van der Waals surface area contributed by atoms with Gasteiger partial charge in [-0.3, -0.25) is 0 Å². The van der Waals surface area contributed by atoms with Gasteiger partial charge in [0.15, 0.2) is 0 Å². The first-order valence-corrected chi connectivity index (χ1v) is 12.1. The van der Waals surface area contributed by atoms with Crippen molar-refractivity contribution < 1.29 is 14.3 Å². The molecule has 0 spiro atoms. The summed E-state index contributed by atoms with van der Waals surface area (Å²) in [7, 11) is 1.65. The number of hydrogen-bond acceptors (Lipinski definition) is 7. The Labute approximate surface area is 215 Å². The summed E-state index contributed by atoms with van der Waals surface area (Å²) in [4.78, 5) is 25.3. The topological polar surface area (TPSA) is 97.6 Å². The van der Waals surface area contributed by atoms with E-state index in [1.807, 2.05) is 66.4 Å². The van der Waals surface area contributed by atoms with Crippen molar-refractivity contribution in [1.82, 2.24) is 30.0 Å². The SMILES string of the molecule is COc1cc(N2CCN(C(=O)NCc3cccc(Oc4ccccn4)c3)CC2)ccc1-n1cnc(C)n1. The molecule has 4 aromatic rings. The Hall–Kier alpha value is -4.60. The lowest BCUT2D eigenvalue weighted by molar-refractivity contribution is 0.194. The second-order valence-electron chi connectivity index (χ2n) is 8.64. The number of carbonyl (C=O) groups is 1. The van der Waals surface area contributed by atoms with E-state index in [4.69, 9.17) is 9.47 Å². The number of amides is 2. The summed E-state index contributed by atoms with van der Waals surface area (Å²) in [5, 5.41) is 7.40. The summed E-state index contributed by atoms with van der Waals surface area (Å²) in [6.45, 7) is 4.97. The van der Waals surface area contributed by atoms with Gasteiger partial charge in [0, 0.05) is 56.7 Å². The quantitative estimate of drug-likeness (QED) is 0.413. The molecule has 1 N–H and O–H groups in total. The van der Waals surface area contributed by atoms with Gasteiger partial charge >= 0.3 is 6.03 Å². The Morgan fingerprint density at radius 2 is 1.86 bits per heavy atom. The Kier molecular flexibility index (Phi) is 7.16. The number of aryl methyl sites for hydroxylation is 1. The highest BCUT2D eigenvalue weighted by atomic mass is 16.5. The Morgan fingerprint density at radius 1 is 1.00 bits per heavy atom. The number of hydrogen-bond donors (Lipinski definition) is 1. The van der Waals surface area contributed by atoms with Crippen molar-refractivity contribution in [2.24, 2.45) is 0 Å². The number of pyridine rings is 1. The van der Waals surface area contributed by atoms with E-state index in [0.29, 0.717) is 37.1 Å². The number of nitrogens with zero attached hydrogens (tertiary/aromatic N) is 6. The summed E-state index contributed by atoms with van der Waals surface area (Å²) in [6.07, 6.45) is 3.36. The first-order chi connectivity index (χ1) is 18.1. The predicted molar refractivity (Wildman–Crippen MR) is 139 cm³/mol. The van der Waals surface area contributed by atoms with Gasteiger partial charge in [0.05, 0.1) is 7.11 Å². The summed E-state index contributed by atoms with van der Waals surface area (Å²) in [5.41, 5.74) is 2.83. The van der Waals surface area contributed by atoms with Crippen LogP contribution < -0.4 is 19.7 Å². The zero-order chi connectivity index (χ0) is 25.6. The molecule has 0 bridgehead atoms. The van der Waals surface area contributed by atoms with Gasteiger partial charge in [0.1, 0.15) is 29.3 Å². The van der Waals surface area contributed by atoms with Crippen molar-refractivity contribution in [2.45, 2.75) is 13.5 Å². The number of anilines is 1. The number of aromatic nitrogens is 4. The van der Waals surface area contributed by atoms with E-state index in [-0.39, 0.29) is 6.03 Å². The molecule has 0 atom stereocenters. The zero-order valence-corrected chi connectivity index (χ0v) is 20.9. The normalized spacial score (nSPS) is 13.4. The van der Waals surface area contributed by atoms with E-state index in [1.54, 1.807) is 30.4 Å². The van der Waals surface area contributed by atoms with Crippen LogP contribution in [0.1, 0.15) is 11.4 Å². The molecule has 0 unspecified atom stereocenters. The molecule has 1 aliphatic heterocycles. The second-order valence-corrected chi connectivity index (χ2v) is 8.64. The number of methoxy groups -OCH3 is 1. The molecule has 3 heterocycles. The lowest BCUT2D eigenvalue weighted by Gasteiger charge is -2.36. The van der Waals surface area contributed by atoms with Crippen LogP contribution in [0.2, 0.25) is 0 Å². The van der Waals surface area contributed by atoms with Crippen molar-refractivity contribution in [3.05, 3.63) is 84.6 Å². The van der Waals surface area contributed by atoms with Gasteiger partial charge in [0.2, 0.25) is 5.88 Å². The van der Waals surface area contributed by atoms with Gasteiger partial charge in [-0.1, -0.05) is 18.2 Å². The largest absolute Gasteiger partial charge is 0.494 e. The van der Waals surface area contributed by atoms with Crippen LogP contribution in [-0.2, 0) is 6.54 Å². The third kappa shape index (κ3) is 5.80. The number of benzene rings is 2. The molecule has 190 valence electrons. The molecule has 0 radical (unpaired) electrons. The maximum absolute atomic E-state index is 12.8. The lowest BCUT2D eigenvalue weighted by atomic mass is 10.2. The van der Waals surface area contributed by atoms with Crippen LogP contribution in [-0.4, -0.2) is 64.0 Å². The zero-order valence-electron chi connectivity index (χ0n) is 20.9. The molecule has 0 saturated carbocycles. The van der Waals surface area contributed by atoms with Gasteiger partial charge in [0.25, 0.3) is 0 Å². The Balaban J connectivity index is 1.14. The van der Waals surface area contributed by atoms with Crippen LogP contribution in [0.5, 0.6) is 17.4 Å². The van der Waals surface area contributed by atoms with Gasteiger partial charge in [-0.2, -0.15) is 5.10 Å². The highest BCUT2D eigenvalue weighted by Gasteiger charge is 2.22. The third-order valence-electron chi connectivity index (χ3n) is 6.15. The number of urea groups is 1. The van der Waals surface area contributed by atoms with E-state index < -0.39 is 0 Å². The van der Waals surface area contributed by atoms with Crippen molar-refractivity contribution in [3.8, 4) is 23.1 Å². The van der Waals surface area contributed by atoms with Crippen LogP contribution >= 0.6 is 0 Å². The number of rotatable bonds is 7. The highest BCUT2D eigenvalue weighted by molar-refractivity contribution is 5.74. The van der Waals surface area contributed by atoms with Crippen molar-refractivity contribution in [2.75, 3.05) is 38.2 Å². The van der Waals surface area contributed by atoms with E-state index >= 15 is 0 Å². The third-order valence-corrected chi connectivity index (χ3v) is 6.15. The first kappa shape index (κ1) is 24.1. The number of carbonyl (C=O) groups excluding carboxylic acids is 1. The Morgan fingerprint density at radius 3 is 2.59 bits per heavy atom. The molecule has 0 aliphatic carbocycles. The molecule has 10 heteroatoms. The van der Waals surface area contributed by atoms with E-state index in [9.17, 15) is 4.79 Å². The molecule has 5 rings (SSSR count). The molecule has 2 amide bonds. The van der Waals surface area contributed by atoms with E-state index in [0.717, 1.165) is 35.8 Å². The van der Waals surface area contributed by atoms with Gasteiger partial charge in [-0.05, 0) is 42.8 Å². The minimum absolute atomic E-state index is 0.0785. The van der Waals surface area contributed by atoms with E-state index in [2.05, 4.69) is 25.3 Å². The van der Waals surface area contributed by atoms with Crippen LogP contribution in [0.25, 0.3) is 5.69 Å². The molecular formula is C27H29N7O3. The van der Waals surface area contributed by atoms with Crippen LogP contribution in [0.15, 0.2) is 73.2 Å². The molecule has 10 nitrogen and oxygen atoms in total. The van der Waals surface area contributed by atoms with Crippen molar-refractivity contribution >= 4 is 11.7 Å². The summed E-state index contributed by atoms with van der Waals surface area (Å²) in [6, 6.07) is 19.1. The molecule has 1 fully saturated rings. The average molecular weight is 500 g/mol. The molecular weight excluding hydrogens is 470 g/mol. The summed E-state index contributed by atoms with van der Waals surface area (Å²) < 4.78 is 13.1. The van der Waals surface area contributed by atoms with Crippen LogP contribution in [0, 0.1) is 6.92 Å². The smallest absolute Gasteiger partial charge is 0.317 e. The number of piperazine rings is 1. The molecule has 1 saturated heterocycles. The fraction of sp³-hybridized carbons (Fsp3) is 0.259. The average Bonchev–Trinajstić information content (AvgIpc) is 3.38. The van der Waals surface area contributed by atoms with Gasteiger partial charge in [-0.15, -0.1) is 0 Å². The summed E-state index contributed by atoms with van der Waals surface area (Å²) >= 11 is 0. The highest BCUT2D eigenvalue weighted by Crippen LogP contribution is 2.29. The molecule has 2 aromatic heterocycles. The minimum Gasteiger partial charge on any atom is -0.494 e. The maximum atomic E-state index is 12.8. The standard InChI is InChI=1S/C27H29N7O3/c1-20-30-19-34(31-20)24-10-9-22(17-25(24)36-2)32-12-14-33(15-13-32)27(35)29-18-21-6-5-7-23(16-21)37-26-8-3-4-11-28-26/h3-11,16-17,19H,12-15,18H2,1-2H3,(H,29,35). The molecule has 1 aliphatic rings.